The van der Waals surface area contributed by atoms with Crippen molar-refractivity contribution in [1.29, 1.82) is 0 Å². The molecule has 0 aliphatic rings. The lowest BCUT2D eigenvalue weighted by Crippen LogP contribution is -1.87. The number of H-pyrrole nitrogens is 1. The first kappa shape index (κ1) is 6.12. The van der Waals surface area contributed by atoms with Crippen molar-refractivity contribution in [2.75, 3.05) is 0 Å². The standard InChI is InChI=1S/C3H4N2S3/c1-5-3(7)8-2(6)4-5/h1H3,(H,4,6). The van der Waals surface area contributed by atoms with Crippen LogP contribution >= 0.6 is 35.8 Å². The first-order chi connectivity index (χ1) is 3.70. The topological polar surface area (TPSA) is 20.7 Å². The van der Waals surface area contributed by atoms with Crippen LogP contribution in [0.1, 0.15) is 0 Å². The summed E-state index contributed by atoms with van der Waals surface area (Å²) in [6.45, 7) is 0. The van der Waals surface area contributed by atoms with Crippen molar-refractivity contribution in [3.8, 4) is 0 Å². The molecule has 5 heteroatoms. The van der Waals surface area contributed by atoms with Crippen LogP contribution in [0.3, 0.4) is 0 Å². The highest BCUT2D eigenvalue weighted by Gasteiger charge is 1.83. The van der Waals surface area contributed by atoms with Gasteiger partial charge in [0.1, 0.15) is 0 Å². The summed E-state index contributed by atoms with van der Waals surface area (Å²) in [5.41, 5.74) is 0. The van der Waals surface area contributed by atoms with E-state index in [0.717, 1.165) is 7.91 Å². The SMILES string of the molecule is Cn1[nH]c(=S)sc1=S. The van der Waals surface area contributed by atoms with Crippen molar-refractivity contribution in [1.82, 2.24) is 9.78 Å². The summed E-state index contributed by atoms with van der Waals surface area (Å²) in [6, 6.07) is 0. The molecule has 0 spiro atoms. The minimum atomic E-state index is 0.734. The van der Waals surface area contributed by atoms with Crippen molar-refractivity contribution in [2.45, 2.75) is 0 Å². The van der Waals surface area contributed by atoms with E-state index in [4.69, 9.17) is 24.4 Å². The molecule has 0 fully saturated rings. The molecule has 0 saturated heterocycles. The van der Waals surface area contributed by atoms with Gasteiger partial charge in [0.05, 0.1) is 0 Å². The van der Waals surface area contributed by atoms with Gasteiger partial charge in [0.25, 0.3) is 0 Å². The molecular weight excluding hydrogens is 160 g/mol. The summed E-state index contributed by atoms with van der Waals surface area (Å²) in [5.74, 6) is 0. The van der Waals surface area contributed by atoms with Gasteiger partial charge in [-0.05, 0) is 24.4 Å². The van der Waals surface area contributed by atoms with Gasteiger partial charge in [0, 0.05) is 7.05 Å². The van der Waals surface area contributed by atoms with Crippen LogP contribution in [-0.4, -0.2) is 9.78 Å². The molecule has 0 atom stereocenters. The van der Waals surface area contributed by atoms with Crippen molar-refractivity contribution in [3.63, 3.8) is 0 Å². The molecule has 44 valence electrons. The first-order valence-electron chi connectivity index (χ1n) is 1.96. The van der Waals surface area contributed by atoms with E-state index in [-0.39, 0.29) is 0 Å². The minimum Gasteiger partial charge on any atom is -0.278 e. The third-order valence-electron chi connectivity index (χ3n) is 0.713. The number of aryl methyl sites for hydroxylation is 1. The summed E-state index contributed by atoms with van der Waals surface area (Å²) in [7, 11) is 1.84. The normalized spacial score (nSPS) is 9.62. The third-order valence-corrected chi connectivity index (χ3v) is 2.30. The van der Waals surface area contributed by atoms with Gasteiger partial charge in [-0.2, -0.15) is 0 Å². The zero-order valence-electron chi connectivity index (χ0n) is 4.17. The van der Waals surface area contributed by atoms with Crippen LogP contribution in [-0.2, 0) is 7.05 Å². The Hall–Kier alpha value is -0.0000000000000000555. The van der Waals surface area contributed by atoms with E-state index in [1.165, 1.54) is 11.3 Å². The van der Waals surface area contributed by atoms with Crippen LogP contribution in [0.2, 0.25) is 0 Å². The Morgan fingerprint density at radius 1 is 1.62 bits per heavy atom. The molecule has 0 unspecified atom stereocenters. The molecule has 0 saturated carbocycles. The first-order valence-corrected chi connectivity index (χ1v) is 3.59. The smallest absolute Gasteiger partial charge is 0.178 e. The summed E-state index contributed by atoms with van der Waals surface area (Å²) in [4.78, 5) is 0. The molecule has 0 aromatic carbocycles. The van der Waals surface area contributed by atoms with Crippen molar-refractivity contribution in [3.05, 3.63) is 7.91 Å². The molecule has 8 heavy (non-hydrogen) atoms. The molecule has 1 aromatic heterocycles. The lowest BCUT2D eigenvalue weighted by Gasteiger charge is -1.81. The van der Waals surface area contributed by atoms with Gasteiger partial charge in [-0.3, -0.25) is 9.78 Å². The molecular formula is C3H4N2S3. The Kier molecular flexibility index (Phi) is 1.59. The second kappa shape index (κ2) is 2.08. The molecule has 1 N–H and O–H groups in total. The molecule has 1 aromatic rings. The van der Waals surface area contributed by atoms with Crippen LogP contribution in [0, 0.1) is 7.91 Å². The largest absolute Gasteiger partial charge is 0.278 e. The molecule has 0 aliphatic heterocycles. The maximum absolute atomic E-state index is 4.86. The van der Waals surface area contributed by atoms with Crippen molar-refractivity contribution < 1.29 is 0 Å². The summed E-state index contributed by atoms with van der Waals surface area (Å²) < 4.78 is 3.25. The summed E-state index contributed by atoms with van der Waals surface area (Å²) in [6.07, 6.45) is 0. The molecule has 0 amide bonds. The zero-order chi connectivity index (χ0) is 6.15. The average molecular weight is 164 g/mol. The van der Waals surface area contributed by atoms with E-state index in [0.29, 0.717) is 0 Å². The van der Waals surface area contributed by atoms with Crippen LogP contribution in [0.25, 0.3) is 0 Å². The monoisotopic (exact) mass is 164 g/mol. The average Bonchev–Trinajstić information content (AvgIpc) is 1.85. The molecule has 2 nitrogen and oxygen atoms in total. The highest BCUT2D eigenvalue weighted by Crippen LogP contribution is 1.98. The maximum atomic E-state index is 4.86. The van der Waals surface area contributed by atoms with E-state index in [1.54, 1.807) is 4.68 Å². The fourth-order valence-corrected chi connectivity index (χ4v) is 1.70. The van der Waals surface area contributed by atoms with Gasteiger partial charge in [0.2, 0.25) is 0 Å². The van der Waals surface area contributed by atoms with Gasteiger partial charge in [-0.15, -0.1) is 0 Å². The Bertz CT molecular complexity index is 277. The Morgan fingerprint density at radius 3 is 2.38 bits per heavy atom. The number of rotatable bonds is 0. The van der Waals surface area contributed by atoms with Crippen LogP contribution in [0.4, 0.5) is 0 Å². The maximum Gasteiger partial charge on any atom is 0.178 e. The van der Waals surface area contributed by atoms with Gasteiger partial charge < -0.3 is 0 Å². The van der Waals surface area contributed by atoms with Crippen molar-refractivity contribution in [2.24, 2.45) is 7.05 Å². The number of hydrogen-bond acceptors (Lipinski definition) is 3. The second-order valence-corrected chi connectivity index (χ2v) is 3.64. The fourth-order valence-electron chi connectivity index (χ4n) is 0.353. The fraction of sp³-hybridized carbons (Fsp3) is 0.333. The van der Waals surface area contributed by atoms with Gasteiger partial charge in [-0.25, -0.2) is 0 Å². The third kappa shape index (κ3) is 1.04. The van der Waals surface area contributed by atoms with E-state index >= 15 is 0 Å². The number of nitrogens with zero attached hydrogens (tertiary/aromatic N) is 1. The summed E-state index contributed by atoms with van der Waals surface area (Å²) >= 11 is 11.1. The van der Waals surface area contributed by atoms with Gasteiger partial charge >= 0.3 is 0 Å². The van der Waals surface area contributed by atoms with E-state index in [2.05, 4.69) is 5.10 Å². The molecule has 0 aliphatic carbocycles. The molecule has 1 heterocycles. The van der Waals surface area contributed by atoms with Crippen LogP contribution in [0.5, 0.6) is 0 Å². The lowest BCUT2D eigenvalue weighted by molar-refractivity contribution is 0.754. The predicted molar refractivity (Wildman–Crippen MR) is 39.3 cm³/mol. The second-order valence-electron chi connectivity index (χ2n) is 1.33. The Labute approximate surface area is 60.8 Å². The minimum absolute atomic E-state index is 0.734. The molecule has 1 rings (SSSR count). The highest BCUT2D eigenvalue weighted by atomic mass is 32.2. The van der Waals surface area contributed by atoms with Crippen LogP contribution < -0.4 is 0 Å². The lowest BCUT2D eigenvalue weighted by atomic mass is 11.3. The molecule has 0 radical (unpaired) electrons. The quantitative estimate of drug-likeness (QED) is 0.591. The Balaban J connectivity index is 3.59. The van der Waals surface area contributed by atoms with Gasteiger partial charge in [0.15, 0.2) is 7.91 Å². The predicted octanol–water partition coefficient (Wildman–Crippen LogP) is 1.87. The number of nitrogens with one attached hydrogen (secondary N) is 1. The molecule has 0 bridgehead atoms. The van der Waals surface area contributed by atoms with Gasteiger partial charge in [-0.1, -0.05) is 11.3 Å². The summed E-state index contributed by atoms with van der Waals surface area (Å²) in [5, 5.41) is 2.85. The van der Waals surface area contributed by atoms with Crippen molar-refractivity contribution >= 4 is 35.8 Å². The Morgan fingerprint density at radius 2 is 2.25 bits per heavy atom. The van der Waals surface area contributed by atoms with E-state index < -0.39 is 0 Å². The van der Waals surface area contributed by atoms with Crippen LogP contribution in [0.15, 0.2) is 0 Å². The van der Waals surface area contributed by atoms with E-state index in [9.17, 15) is 0 Å². The number of aromatic amines is 1. The zero-order valence-corrected chi connectivity index (χ0v) is 6.62. The van der Waals surface area contributed by atoms with E-state index in [1.807, 2.05) is 7.05 Å². The number of hydrogen-bond donors (Lipinski definition) is 1. The highest BCUT2D eigenvalue weighted by molar-refractivity contribution is 7.75. The number of aromatic nitrogens is 2.